The van der Waals surface area contributed by atoms with Gasteiger partial charge in [0.05, 0.1) is 0 Å². The molecule has 0 radical (unpaired) electrons. The summed E-state index contributed by atoms with van der Waals surface area (Å²) in [5, 5.41) is 4.88. The van der Waals surface area contributed by atoms with Crippen molar-refractivity contribution >= 4 is 10.9 Å². The summed E-state index contributed by atoms with van der Waals surface area (Å²) < 4.78 is 0. The van der Waals surface area contributed by atoms with Crippen molar-refractivity contribution in [1.29, 1.82) is 0 Å². The molecule has 0 amide bonds. The van der Waals surface area contributed by atoms with Crippen LogP contribution < -0.4 is 5.32 Å². The van der Waals surface area contributed by atoms with Gasteiger partial charge in [-0.2, -0.15) is 0 Å². The number of aromatic nitrogens is 1. The summed E-state index contributed by atoms with van der Waals surface area (Å²) in [5.41, 5.74) is 4.11. The van der Waals surface area contributed by atoms with Crippen molar-refractivity contribution < 1.29 is 0 Å². The topological polar surface area (TPSA) is 27.8 Å². The highest BCUT2D eigenvalue weighted by Gasteiger charge is 2.24. The largest absolute Gasteiger partial charge is 0.361 e. The molecule has 1 aromatic heterocycles. The minimum absolute atomic E-state index is 0.702. The minimum Gasteiger partial charge on any atom is -0.361 e. The molecule has 0 saturated carbocycles. The maximum absolute atomic E-state index is 3.47. The van der Waals surface area contributed by atoms with E-state index in [4.69, 9.17) is 0 Å². The highest BCUT2D eigenvalue weighted by Crippen LogP contribution is 2.34. The van der Waals surface area contributed by atoms with Gasteiger partial charge in [0.2, 0.25) is 0 Å². The maximum Gasteiger partial charge on any atom is 0.0459 e. The van der Waals surface area contributed by atoms with E-state index >= 15 is 0 Å². The van der Waals surface area contributed by atoms with Crippen LogP contribution in [-0.4, -0.2) is 18.1 Å². The summed E-state index contributed by atoms with van der Waals surface area (Å²) in [6.45, 7) is 6.79. The fourth-order valence-corrected chi connectivity index (χ4v) is 3.05. The van der Waals surface area contributed by atoms with E-state index in [-0.39, 0.29) is 0 Å². The van der Waals surface area contributed by atoms with Crippen molar-refractivity contribution in [2.45, 2.75) is 26.2 Å². The highest BCUT2D eigenvalue weighted by atomic mass is 14.9. The maximum atomic E-state index is 3.47. The normalized spacial score (nSPS) is 25.3. The lowest BCUT2D eigenvalue weighted by Crippen LogP contribution is -2.33. The van der Waals surface area contributed by atoms with Gasteiger partial charge >= 0.3 is 0 Å². The van der Waals surface area contributed by atoms with E-state index < -0.39 is 0 Å². The van der Waals surface area contributed by atoms with Gasteiger partial charge in [-0.15, -0.1) is 0 Å². The van der Waals surface area contributed by atoms with Crippen LogP contribution in [0.15, 0.2) is 24.4 Å². The molecule has 0 spiro atoms. The summed E-state index contributed by atoms with van der Waals surface area (Å²) in [6.07, 6.45) is 3.47. The highest BCUT2D eigenvalue weighted by molar-refractivity contribution is 5.84. The van der Waals surface area contributed by atoms with Gasteiger partial charge in [-0.25, -0.2) is 0 Å². The van der Waals surface area contributed by atoms with Gasteiger partial charge in [0.15, 0.2) is 0 Å². The number of hydrogen-bond donors (Lipinski definition) is 2. The molecular formula is C15H20N2. The van der Waals surface area contributed by atoms with Gasteiger partial charge in [0.1, 0.15) is 0 Å². The Morgan fingerprint density at radius 2 is 2.18 bits per heavy atom. The first kappa shape index (κ1) is 10.8. The van der Waals surface area contributed by atoms with Crippen LogP contribution in [-0.2, 0) is 0 Å². The molecule has 2 atom stereocenters. The molecule has 2 heterocycles. The molecule has 90 valence electrons. The van der Waals surface area contributed by atoms with Gasteiger partial charge in [0.25, 0.3) is 0 Å². The van der Waals surface area contributed by atoms with Gasteiger partial charge in [-0.1, -0.05) is 19.1 Å². The SMILES string of the molecule is Cc1ccc2c(C3CCNCC3C)c[nH]c2c1. The van der Waals surface area contributed by atoms with Gasteiger partial charge < -0.3 is 10.3 Å². The second-order valence-electron chi connectivity index (χ2n) is 5.37. The van der Waals surface area contributed by atoms with Crippen LogP contribution in [0.4, 0.5) is 0 Å². The molecule has 1 aliphatic rings. The predicted molar refractivity (Wildman–Crippen MR) is 72.4 cm³/mol. The van der Waals surface area contributed by atoms with Crippen molar-refractivity contribution in [3.05, 3.63) is 35.5 Å². The summed E-state index contributed by atoms with van der Waals surface area (Å²) in [4.78, 5) is 3.43. The molecule has 1 aromatic carbocycles. The molecule has 2 nitrogen and oxygen atoms in total. The molecule has 1 fully saturated rings. The van der Waals surface area contributed by atoms with Crippen LogP contribution in [0.5, 0.6) is 0 Å². The fourth-order valence-electron chi connectivity index (χ4n) is 3.05. The lowest BCUT2D eigenvalue weighted by molar-refractivity contribution is 0.351. The Morgan fingerprint density at radius 3 is 3.00 bits per heavy atom. The first-order valence-corrected chi connectivity index (χ1v) is 6.54. The third-order valence-corrected chi connectivity index (χ3v) is 4.05. The Labute approximate surface area is 102 Å². The summed E-state index contributed by atoms with van der Waals surface area (Å²) in [6, 6.07) is 6.72. The van der Waals surface area contributed by atoms with Crippen LogP contribution in [0.2, 0.25) is 0 Å². The number of piperidine rings is 1. The number of fused-ring (bicyclic) bond motifs is 1. The molecule has 2 unspecified atom stereocenters. The average Bonchev–Trinajstić information content (AvgIpc) is 2.72. The number of aryl methyl sites for hydroxylation is 1. The second-order valence-corrected chi connectivity index (χ2v) is 5.37. The number of H-pyrrole nitrogens is 1. The molecule has 3 rings (SSSR count). The van der Waals surface area contributed by atoms with Crippen LogP contribution in [0.1, 0.15) is 30.4 Å². The monoisotopic (exact) mass is 228 g/mol. The predicted octanol–water partition coefficient (Wildman–Crippen LogP) is 3.19. The fraction of sp³-hybridized carbons (Fsp3) is 0.467. The van der Waals surface area contributed by atoms with Crippen molar-refractivity contribution in [3.8, 4) is 0 Å². The second kappa shape index (κ2) is 4.19. The van der Waals surface area contributed by atoms with Crippen molar-refractivity contribution in [3.63, 3.8) is 0 Å². The number of aromatic amines is 1. The quantitative estimate of drug-likeness (QED) is 0.771. The molecule has 17 heavy (non-hydrogen) atoms. The molecule has 1 aliphatic heterocycles. The Kier molecular flexibility index (Phi) is 2.67. The van der Waals surface area contributed by atoms with Gasteiger partial charge in [-0.3, -0.25) is 0 Å². The van der Waals surface area contributed by atoms with E-state index in [1.807, 2.05) is 0 Å². The van der Waals surface area contributed by atoms with Crippen molar-refractivity contribution in [2.24, 2.45) is 5.92 Å². The molecule has 2 aromatic rings. The third-order valence-electron chi connectivity index (χ3n) is 4.05. The molecule has 2 heteroatoms. The van der Waals surface area contributed by atoms with Crippen molar-refractivity contribution in [2.75, 3.05) is 13.1 Å². The zero-order valence-electron chi connectivity index (χ0n) is 10.6. The van der Waals surface area contributed by atoms with E-state index in [2.05, 4.69) is 48.5 Å². The van der Waals surface area contributed by atoms with E-state index in [9.17, 15) is 0 Å². The van der Waals surface area contributed by atoms with Crippen LogP contribution in [0, 0.1) is 12.8 Å². The van der Waals surface area contributed by atoms with E-state index in [0.29, 0.717) is 5.92 Å². The van der Waals surface area contributed by atoms with E-state index in [1.165, 1.54) is 28.5 Å². The van der Waals surface area contributed by atoms with Crippen LogP contribution in [0.25, 0.3) is 10.9 Å². The molecule has 1 saturated heterocycles. The Morgan fingerprint density at radius 1 is 1.29 bits per heavy atom. The molecular weight excluding hydrogens is 208 g/mol. The zero-order valence-corrected chi connectivity index (χ0v) is 10.6. The summed E-state index contributed by atoms with van der Waals surface area (Å²) in [5.74, 6) is 1.43. The number of benzene rings is 1. The Balaban J connectivity index is 2.05. The van der Waals surface area contributed by atoms with E-state index in [1.54, 1.807) is 0 Å². The lowest BCUT2D eigenvalue weighted by Gasteiger charge is -2.29. The third kappa shape index (κ3) is 1.87. The number of rotatable bonds is 1. The minimum atomic E-state index is 0.702. The van der Waals surface area contributed by atoms with Gasteiger partial charge in [0, 0.05) is 17.1 Å². The van der Waals surface area contributed by atoms with Crippen molar-refractivity contribution in [1.82, 2.24) is 10.3 Å². The Bertz CT molecular complexity index is 527. The Hall–Kier alpha value is -1.28. The lowest BCUT2D eigenvalue weighted by atomic mass is 9.82. The van der Waals surface area contributed by atoms with Crippen LogP contribution in [0.3, 0.4) is 0 Å². The first-order valence-electron chi connectivity index (χ1n) is 6.54. The summed E-state index contributed by atoms with van der Waals surface area (Å²) in [7, 11) is 0. The summed E-state index contributed by atoms with van der Waals surface area (Å²) >= 11 is 0. The molecule has 2 N–H and O–H groups in total. The zero-order chi connectivity index (χ0) is 11.8. The first-order chi connectivity index (χ1) is 8.25. The van der Waals surface area contributed by atoms with Crippen LogP contribution >= 0.6 is 0 Å². The standard InChI is InChI=1S/C15H20N2/c1-10-3-4-13-14(9-17-15(13)7-10)12-5-6-16-8-11(12)2/h3-4,7,9,11-12,16-17H,5-6,8H2,1-2H3. The average molecular weight is 228 g/mol. The number of hydrogen-bond acceptors (Lipinski definition) is 1. The van der Waals surface area contributed by atoms with E-state index in [0.717, 1.165) is 19.0 Å². The number of nitrogens with one attached hydrogen (secondary N) is 2. The molecule has 0 aliphatic carbocycles. The molecule has 0 bridgehead atoms. The smallest absolute Gasteiger partial charge is 0.0459 e. The van der Waals surface area contributed by atoms with Gasteiger partial charge in [-0.05, 0) is 55.5 Å².